The van der Waals surface area contributed by atoms with Gasteiger partial charge in [-0.05, 0) is 28.5 Å². The van der Waals surface area contributed by atoms with Gasteiger partial charge in [0.15, 0.2) is 5.78 Å². The molecule has 0 heterocycles. The van der Waals surface area contributed by atoms with E-state index >= 15 is 0 Å². The molecule has 3 rings (SSSR count). The van der Waals surface area contributed by atoms with Crippen molar-refractivity contribution < 1.29 is 4.79 Å². The Kier molecular flexibility index (Phi) is 3.21. The Hall–Kier alpha value is -2.61. The number of carbonyl (C=O) groups excluding carboxylic acids is 1. The molecule has 0 bridgehead atoms. The molecule has 0 aliphatic heterocycles. The Morgan fingerprint density at radius 3 is 2.40 bits per heavy atom. The number of rotatable bonds is 3. The molecule has 98 valence electrons. The molecule has 0 aliphatic rings. The number of nitrogens with two attached hydrogens (primary N) is 1. The van der Waals surface area contributed by atoms with Crippen molar-refractivity contribution in [3.8, 4) is 0 Å². The van der Waals surface area contributed by atoms with Gasteiger partial charge in [-0.2, -0.15) is 0 Å². The quantitative estimate of drug-likeness (QED) is 0.575. The SMILES string of the molecule is Nc1ccccc1C(=O)Cc1cccc2ccccc12. The average molecular weight is 261 g/mol. The van der Waals surface area contributed by atoms with E-state index < -0.39 is 0 Å². The van der Waals surface area contributed by atoms with Gasteiger partial charge in [0.2, 0.25) is 0 Å². The van der Waals surface area contributed by atoms with Gasteiger partial charge in [-0.3, -0.25) is 4.79 Å². The number of anilines is 1. The number of benzene rings is 3. The van der Waals surface area contributed by atoms with Gasteiger partial charge in [0.1, 0.15) is 0 Å². The Bertz CT molecular complexity index is 772. The third kappa shape index (κ3) is 2.28. The van der Waals surface area contributed by atoms with Gasteiger partial charge in [0, 0.05) is 17.7 Å². The molecule has 3 aromatic rings. The van der Waals surface area contributed by atoms with Crippen LogP contribution in [0.1, 0.15) is 15.9 Å². The van der Waals surface area contributed by atoms with E-state index in [9.17, 15) is 4.79 Å². The monoisotopic (exact) mass is 261 g/mol. The number of carbonyl (C=O) groups is 1. The van der Waals surface area contributed by atoms with Crippen molar-refractivity contribution in [2.24, 2.45) is 0 Å². The molecular formula is C18H15NO. The molecule has 0 fully saturated rings. The minimum atomic E-state index is 0.0550. The summed E-state index contributed by atoms with van der Waals surface area (Å²) in [7, 11) is 0. The number of fused-ring (bicyclic) bond motifs is 1. The van der Waals surface area contributed by atoms with E-state index in [1.165, 1.54) is 0 Å². The molecule has 0 saturated carbocycles. The van der Waals surface area contributed by atoms with Crippen molar-refractivity contribution in [3.05, 3.63) is 77.9 Å². The molecule has 3 aromatic carbocycles. The summed E-state index contributed by atoms with van der Waals surface area (Å²) in [6, 6.07) is 21.4. The number of Topliss-reactive ketones (excluding diaryl/α,β-unsaturated/α-hetero) is 1. The number of nitrogen functional groups attached to an aromatic ring is 1. The van der Waals surface area contributed by atoms with E-state index in [2.05, 4.69) is 12.1 Å². The van der Waals surface area contributed by atoms with E-state index in [-0.39, 0.29) is 5.78 Å². The molecule has 0 spiro atoms. The molecule has 2 nitrogen and oxygen atoms in total. The van der Waals surface area contributed by atoms with Crippen LogP contribution in [0.3, 0.4) is 0 Å². The number of hydrogen-bond acceptors (Lipinski definition) is 2. The highest BCUT2D eigenvalue weighted by molar-refractivity contribution is 6.03. The molecule has 20 heavy (non-hydrogen) atoms. The van der Waals surface area contributed by atoms with Crippen LogP contribution >= 0.6 is 0 Å². The van der Waals surface area contributed by atoms with Crippen molar-refractivity contribution in [2.45, 2.75) is 6.42 Å². The summed E-state index contributed by atoms with van der Waals surface area (Å²) in [5, 5.41) is 2.27. The molecule has 0 aromatic heterocycles. The van der Waals surface area contributed by atoms with E-state index in [0.29, 0.717) is 17.7 Å². The molecule has 0 aliphatic carbocycles. The topological polar surface area (TPSA) is 43.1 Å². The first-order chi connectivity index (χ1) is 9.75. The lowest BCUT2D eigenvalue weighted by Gasteiger charge is -2.07. The summed E-state index contributed by atoms with van der Waals surface area (Å²) < 4.78 is 0. The Morgan fingerprint density at radius 1 is 0.850 bits per heavy atom. The molecule has 0 atom stereocenters. The molecule has 0 saturated heterocycles. The first-order valence-electron chi connectivity index (χ1n) is 6.60. The smallest absolute Gasteiger partial charge is 0.169 e. The fraction of sp³-hybridized carbons (Fsp3) is 0.0556. The summed E-state index contributed by atoms with van der Waals surface area (Å²) in [5.74, 6) is 0.0550. The van der Waals surface area contributed by atoms with E-state index in [1.807, 2.05) is 42.5 Å². The molecular weight excluding hydrogens is 246 g/mol. The van der Waals surface area contributed by atoms with Crippen LogP contribution in [-0.4, -0.2) is 5.78 Å². The molecule has 0 radical (unpaired) electrons. The normalized spacial score (nSPS) is 10.6. The van der Waals surface area contributed by atoms with Crippen molar-refractivity contribution in [1.29, 1.82) is 0 Å². The second-order valence-corrected chi connectivity index (χ2v) is 4.83. The van der Waals surface area contributed by atoms with Crippen LogP contribution in [0.15, 0.2) is 66.7 Å². The molecule has 2 heteroatoms. The minimum absolute atomic E-state index is 0.0550. The zero-order valence-corrected chi connectivity index (χ0v) is 11.0. The van der Waals surface area contributed by atoms with E-state index in [1.54, 1.807) is 12.1 Å². The lowest BCUT2D eigenvalue weighted by atomic mass is 9.97. The van der Waals surface area contributed by atoms with Crippen LogP contribution in [-0.2, 0) is 6.42 Å². The Labute approximate surface area is 117 Å². The van der Waals surface area contributed by atoms with Crippen LogP contribution in [0.5, 0.6) is 0 Å². The van der Waals surface area contributed by atoms with Gasteiger partial charge in [-0.1, -0.05) is 54.6 Å². The average Bonchev–Trinajstić information content (AvgIpc) is 2.48. The summed E-state index contributed by atoms with van der Waals surface area (Å²) in [4.78, 5) is 12.4. The maximum absolute atomic E-state index is 12.4. The minimum Gasteiger partial charge on any atom is -0.398 e. The highest BCUT2D eigenvalue weighted by atomic mass is 16.1. The van der Waals surface area contributed by atoms with Crippen LogP contribution in [0, 0.1) is 0 Å². The second kappa shape index (κ2) is 5.17. The fourth-order valence-electron chi connectivity index (χ4n) is 2.47. The fourth-order valence-corrected chi connectivity index (χ4v) is 2.47. The molecule has 0 unspecified atom stereocenters. The molecule has 0 amide bonds. The summed E-state index contributed by atoms with van der Waals surface area (Å²) in [6.45, 7) is 0. The van der Waals surface area contributed by atoms with Gasteiger partial charge in [0.05, 0.1) is 0 Å². The Morgan fingerprint density at radius 2 is 1.55 bits per heavy atom. The van der Waals surface area contributed by atoms with Crippen molar-refractivity contribution in [1.82, 2.24) is 0 Å². The second-order valence-electron chi connectivity index (χ2n) is 4.83. The van der Waals surface area contributed by atoms with E-state index in [0.717, 1.165) is 16.3 Å². The number of hydrogen-bond donors (Lipinski definition) is 1. The zero-order chi connectivity index (χ0) is 13.9. The summed E-state index contributed by atoms with van der Waals surface area (Å²) in [5.41, 5.74) is 8.04. The van der Waals surface area contributed by atoms with Gasteiger partial charge in [-0.25, -0.2) is 0 Å². The lowest BCUT2D eigenvalue weighted by Crippen LogP contribution is -2.07. The predicted octanol–water partition coefficient (Wildman–Crippen LogP) is 3.85. The van der Waals surface area contributed by atoms with Crippen molar-refractivity contribution >= 4 is 22.2 Å². The van der Waals surface area contributed by atoms with Crippen molar-refractivity contribution in [2.75, 3.05) is 5.73 Å². The standard InChI is InChI=1S/C18H15NO/c19-17-11-4-3-10-16(17)18(20)12-14-8-5-7-13-6-1-2-9-15(13)14/h1-11H,12,19H2. The van der Waals surface area contributed by atoms with Crippen molar-refractivity contribution in [3.63, 3.8) is 0 Å². The van der Waals surface area contributed by atoms with Gasteiger partial charge in [0.25, 0.3) is 0 Å². The lowest BCUT2D eigenvalue weighted by molar-refractivity contribution is 0.0994. The first kappa shape index (κ1) is 12.4. The van der Waals surface area contributed by atoms with Crippen LogP contribution in [0.2, 0.25) is 0 Å². The largest absolute Gasteiger partial charge is 0.398 e. The molecule has 2 N–H and O–H groups in total. The number of para-hydroxylation sites is 1. The Balaban J connectivity index is 1.98. The number of ketones is 1. The highest BCUT2D eigenvalue weighted by Crippen LogP contribution is 2.21. The summed E-state index contributed by atoms with van der Waals surface area (Å²) in [6.07, 6.45) is 0.371. The maximum Gasteiger partial charge on any atom is 0.169 e. The van der Waals surface area contributed by atoms with Gasteiger partial charge < -0.3 is 5.73 Å². The van der Waals surface area contributed by atoms with Gasteiger partial charge >= 0.3 is 0 Å². The van der Waals surface area contributed by atoms with Crippen LogP contribution in [0.25, 0.3) is 10.8 Å². The third-order valence-electron chi connectivity index (χ3n) is 3.49. The maximum atomic E-state index is 12.4. The zero-order valence-electron chi connectivity index (χ0n) is 11.0. The van der Waals surface area contributed by atoms with Gasteiger partial charge in [-0.15, -0.1) is 0 Å². The third-order valence-corrected chi connectivity index (χ3v) is 3.49. The van der Waals surface area contributed by atoms with E-state index in [4.69, 9.17) is 5.73 Å². The highest BCUT2D eigenvalue weighted by Gasteiger charge is 2.11. The predicted molar refractivity (Wildman–Crippen MR) is 82.8 cm³/mol. The summed E-state index contributed by atoms with van der Waals surface area (Å²) >= 11 is 0. The van der Waals surface area contributed by atoms with Crippen LogP contribution in [0.4, 0.5) is 5.69 Å². The van der Waals surface area contributed by atoms with Crippen LogP contribution < -0.4 is 5.73 Å². The first-order valence-corrected chi connectivity index (χ1v) is 6.60.